The second-order valence-electron chi connectivity index (χ2n) is 6.21. The van der Waals surface area contributed by atoms with Crippen molar-refractivity contribution in [3.8, 4) is 5.75 Å². The number of nitrogens with one attached hydrogen (secondary N) is 2. The lowest BCUT2D eigenvalue weighted by atomic mass is 10.3. The van der Waals surface area contributed by atoms with Crippen LogP contribution in [-0.4, -0.2) is 41.6 Å². The monoisotopic (exact) mass is 369 g/mol. The van der Waals surface area contributed by atoms with Gasteiger partial charge in [-0.15, -0.1) is 0 Å². The number of benzene rings is 1. The fourth-order valence-corrected chi connectivity index (χ4v) is 2.69. The highest BCUT2D eigenvalue weighted by Crippen LogP contribution is 2.13. The summed E-state index contributed by atoms with van der Waals surface area (Å²) in [6.07, 6.45) is 4.67. The summed E-state index contributed by atoms with van der Waals surface area (Å²) in [4.78, 5) is 8.78. The quantitative estimate of drug-likeness (QED) is 0.496. The van der Waals surface area contributed by atoms with Gasteiger partial charge in [-0.05, 0) is 31.2 Å². The minimum Gasteiger partial charge on any atom is -0.489 e. The zero-order valence-electron chi connectivity index (χ0n) is 15.5. The number of fused-ring (bicyclic) bond motifs is 1. The largest absolute Gasteiger partial charge is 0.489 e. The van der Waals surface area contributed by atoms with E-state index in [1.807, 2.05) is 41.9 Å². The van der Waals surface area contributed by atoms with E-state index in [1.165, 1.54) is 12.1 Å². The maximum Gasteiger partial charge on any atom is 0.191 e. The Labute approximate surface area is 158 Å². The van der Waals surface area contributed by atoms with E-state index >= 15 is 0 Å². The first kappa shape index (κ1) is 18.7. The lowest BCUT2D eigenvalue weighted by Gasteiger charge is -2.17. The van der Waals surface area contributed by atoms with Gasteiger partial charge in [0.1, 0.15) is 23.3 Å². The predicted octanol–water partition coefficient (Wildman–Crippen LogP) is 2.65. The molecule has 0 radical (unpaired) electrons. The van der Waals surface area contributed by atoms with Crippen molar-refractivity contribution in [1.29, 1.82) is 0 Å². The van der Waals surface area contributed by atoms with Gasteiger partial charge in [-0.1, -0.05) is 12.1 Å². The van der Waals surface area contributed by atoms with E-state index in [0.717, 1.165) is 17.8 Å². The van der Waals surface area contributed by atoms with Crippen LogP contribution in [0.3, 0.4) is 0 Å². The Morgan fingerprint density at radius 3 is 2.93 bits per heavy atom. The molecule has 1 unspecified atom stereocenters. The molecule has 3 rings (SSSR count). The van der Waals surface area contributed by atoms with E-state index in [9.17, 15) is 4.39 Å². The molecule has 7 heteroatoms. The fourth-order valence-electron chi connectivity index (χ4n) is 2.69. The van der Waals surface area contributed by atoms with Crippen molar-refractivity contribution in [2.45, 2.75) is 19.4 Å². The standard InChI is InChI=1S/C20H24FN5O/c1-15(27-18-7-5-6-16(21)12-18)13-24-20(22-2)23-10-9-17-14-26-11-4-3-8-19(26)25-17/h3-8,11-12,14-15H,9-10,13H2,1-2H3,(H2,22,23,24). The first-order valence-corrected chi connectivity index (χ1v) is 8.93. The molecule has 0 saturated carbocycles. The van der Waals surface area contributed by atoms with E-state index in [1.54, 1.807) is 19.2 Å². The molecular weight excluding hydrogens is 345 g/mol. The first-order chi connectivity index (χ1) is 13.1. The Kier molecular flexibility index (Phi) is 6.25. The van der Waals surface area contributed by atoms with Crippen molar-refractivity contribution in [2.75, 3.05) is 20.1 Å². The van der Waals surface area contributed by atoms with E-state index in [2.05, 4.69) is 20.6 Å². The molecule has 0 saturated heterocycles. The van der Waals surface area contributed by atoms with Crippen molar-refractivity contribution in [3.63, 3.8) is 0 Å². The van der Waals surface area contributed by atoms with Crippen LogP contribution in [0, 0.1) is 5.82 Å². The molecule has 1 atom stereocenters. The van der Waals surface area contributed by atoms with Gasteiger partial charge >= 0.3 is 0 Å². The van der Waals surface area contributed by atoms with Gasteiger partial charge in [-0.3, -0.25) is 4.99 Å². The zero-order valence-corrected chi connectivity index (χ0v) is 15.5. The van der Waals surface area contributed by atoms with Gasteiger partial charge in [0.15, 0.2) is 5.96 Å². The molecule has 0 amide bonds. The molecule has 142 valence electrons. The fraction of sp³-hybridized carbons (Fsp3) is 0.300. The van der Waals surface area contributed by atoms with Crippen LogP contribution in [0.2, 0.25) is 0 Å². The molecule has 0 aliphatic heterocycles. The number of guanidine groups is 1. The molecule has 6 nitrogen and oxygen atoms in total. The highest BCUT2D eigenvalue weighted by atomic mass is 19.1. The Balaban J connectivity index is 1.42. The van der Waals surface area contributed by atoms with Gasteiger partial charge in [-0.2, -0.15) is 0 Å². The molecule has 0 spiro atoms. The SMILES string of the molecule is CN=C(NCCc1cn2ccccc2n1)NCC(C)Oc1cccc(F)c1. The Bertz CT molecular complexity index is 875. The van der Waals surface area contributed by atoms with E-state index in [0.29, 0.717) is 24.8 Å². The van der Waals surface area contributed by atoms with Crippen molar-refractivity contribution >= 4 is 11.6 Å². The maximum atomic E-state index is 13.2. The van der Waals surface area contributed by atoms with Gasteiger partial charge in [0.2, 0.25) is 0 Å². The van der Waals surface area contributed by atoms with Crippen LogP contribution in [0.15, 0.2) is 59.9 Å². The third-order valence-corrected chi connectivity index (χ3v) is 4.00. The summed E-state index contributed by atoms with van der Waals surface area (Å²) < 4.78 is 20.9. The van der Waals surface area contributed by atoms with Crippen LogP contribution in [-0.2, 0) is 6.42 Å². The number of hydrogen-bond acceptors (Lipinski definition) is 3. The number of aromatic nitrogens is 2. The average Bonchev–Trinajstić information content (AvgIpc) is 3.07. The minimum atomic E-state index is -0.308. The van der Waals surface area contributed by atoms with Crippen LogP contribution in [0.5, 0.6) is 5.75 Å². The van der Waals surface area contributed by atoms with E-state index in [4.69, 9.17) is 4.74 Å². The number of aliphatic imine (C=N–C) groups is 1. The number of imidazole rings is 1. The molecule has 0 bridgehead atoms. The minimum absolute atomic E-state index is 0.135. The number of halogens is 1. The predicted molar refractivity (Wildman–Crippen MR) is 105 cm³/mol. The molecule has 0 aliphatic rings. The van der Waals surface area contributed by atoms with Crippen molar-refractivity contribution in [3.05, 3.63) is 66.4 Å². The summed E-state index contributed by atoms with van der Waals surface area (Å²) in [5.74, 6) is 0.893. The molecule has 1 aromatic carbocycles. The molecule has 2 N–H and O–H groups in total. The maximum absolute atomic E-state index is 13.2. The average molecular weight is 369 g/mol. The summed E-state index contributed by atoms with van der Waals surface area (Å²) in [5, 5.41) is 6.48. The second-order valence-corrected chi connectivity index (χ2v) is 6.21. The van der Waals surface area contributed by atoms with Crippen molar-refractivity contribution in [1.82, 2.24) is 20.0 Å². The van der Waals surface area contributed by atoms with Gasteiger partial charge in [0, 0.05) is 38.5 Å². The van der Waals surface area contributed by atoms with Crippen molar-refractivity contribution in [2.24, 2.45) is 4.99 Å². The Hall–Kier alpha value is -3.09. The summed E-state index contributed by atoms with van der Waals surface area (Å²) in [6, 6.07) is 12.1. The van der Waals surface area contributed by atoms with Crippen LogP contribution in [0.1, 0.15) is 12.6 Å². The Morgan fingerprint density at radius 2 is 2.15 bits per heavy atom. The highest BCUT2D eigenvalue weighted by Gasteiger charge is 2.07. The Morgan fingerprint density at radius 1 is 1.26 bits per heavy atom. The number of ether oxygens (including phenoxy) is 1. The molecule has 3 aromatic rings. The normalized spacial score (nSPS) is 12.8. The van der Waals surface area contributed by atoms with Crippen LogP contribution in [0.4, 0.5) is 4.39 Å². The summed E-state index contributed by atoms with van der Waals surface area (Å²) in [7, 11) is 1.72. The highest BCUT2D eigenvalue weighted by molar-refractivity contribution is 5.79. The smallest absolute Gasteiger partial charge is 0.191 e. The lowest BCUT2D eigenvalue weighted by Crippen LogP contribution is -2.42. The molecule has 2 heterocycles. The zero-order chi connectivity index (χ0) is 19.1. The summed E-state index contributed by atoms with van der Waals surface area (Å²) in [6.45, 7) is 3.18. The van der Waals surface area contributed by atoms with Gasteiger partial charge in [-0.25, -0.2) is 9.37 Å². The number of hydrogen-bond donors (Lipinski definition) is 2. The van der Waals surface area contributed by atoms with Crippen LogP contribution < -0.4 is 15.4 Å². The van der Waals surface area contributed by atoms with Crippen molar-refractivity contribution < 1.29 is 9.13 Å². The number of rotatable bonds is 7. The molecule has 27 heavy (non-hydrogen) atoms. The molecule has 0 fully saturated rings. The van der Waals surface area contributed by atoms with Crippen LogP contribution >= 0.6 is 0 Å². The van der Waals surface area contributed by atoms with E-state index < -0.39 is 0 Å². The molecule has 2 aromatic heterocycles. The number of pyridine rings is 1. The lowest BCUT2D eigenvalue weighted by molar-refractivity contribution is 0.223. The first-order valence-electron chi connectivity index (χ1n) is 8.93. The van der Waals surface area contributed by atoms with Gasteiger partial charge in [0.05, 0.1) is 12.2 Å². The third kappa shape index (κ3) is 5.44. The summed E-state index contributed by atoms with van der Waals surface area (Å²) >= 11 is 0. The van der Waals surface area contributed by atoms with Crippen LogP contribution in [0.25, 0.3) is 5.65 Å². The third-order valence-electron chi connectivity index (χ3n) is 4.00. The number of nitrogens with zero attached hydrogens (tertiary/aromatic N) is 3. The van der Waals surface area contributed by atoms with E-state index in [-0.39, 0.29) is 11.9 Å². The van der Waals surface area contributed by atoms with Gasteiger partial charge < -0.3 is 19.8 Å². The summed E-state index contributed by atoms with van der Waals surface area (Å²) in [5.41, 5.74) is 1.96. The topological polar surface area (TPSA) is 63.0 Å². The van der Waals surface area contributed by atoms with Gasteiger partial charge in [0.25, 0.3) is 0 Å². The second kappa shape index (κ2) is 9.02. The molecular formula is C20H24FN5O. The molecule has 0 aliphatic carbocycles.